The van der Waals surface area contributed by atoms with Gasteiger partial charge in [0.15, 0.2) is 11.6 Å². The smallest absolute Gasteiger partial charge is 0.303 e. The molecule has 120 valence electrons. The number of amides is 1. The second kappa shape index (κ2) is 7.24. The SMILES string of the molecule is COc1ccc(C(=O)N2CCCC[C@H]2CCC(=O)O)cc1F. The fourth-order valence-corrected chi connectivity index (χ4v) is 2.82. The molecule has 6 heteroatoms. The molecule has 0 bridgehead atoms. The molecule has 2 rings (SSSR count). The number of carbonyl (C=O) groups is 2. The minimum absolute atomic E-state index is 0.0332. The van der Waals surface area contributed by atoms with Crippen LogP contribution in [0.4, 0.5) is 4.39 Å². The number of carbonyl (C=O) groups excluding carboxylic acids is 1. The first-order valence-electron chi connectivity index (χ1n) is 7.39. The van der Waals surface area contributed by atoms with E-state index in [0.717, 1.165) is 19.3 Å². The molecule has 1 atom stereocenters. The Kier molecular flexibility index (Phi) is 5.35. The summed E-state index contributed by atoms with van der Waals surface area (Å²) >= 11 is 0. The van der Waals surface area contributed by atoms with Crippen LogP contribution in [-0.4, -0.2) is 41.6 Å². The van der Waals surface area contributed by atoms with Crippen LogP contribution in [0.5, 0.6) is 5.75 Å². The number of hydrogen-bond acceptors (Lipinski definition) is 3. The van der Waals surface area contributed by atoms with Crippen molar-refractivity contribution >= 4 is 11.9 Å². The van der Waals surface area contributed by atoms with Crippen LogP contribution in [0.25, 0.3) is 0 Å². The van der Waals surface area contributed by atoms with E-state index >= 15 is 0 Å². The van der Waals surface area contributed by atoms with Gasteiger partial charge in [-0.3, -0.25) is 9.59 Å². The van der Waals surface area contributed by atoms with Gasteiger partial charge in [0.25, 0.3) is 5.91 Å². The molecule has 1 fully saturated rings. The first-order chi connectivity index (χ1) is 10.5. The Labute approximate surface area is 128 Å². The van der Waals surface area contributed by atoms with Crippen LogP contribution in [0.1, 0.15) is 42.5 Å². The lowest BCUT2D eigenvalue weighted by molar-refractivity contribution is -0.137. The minimum atomic E-state index is -0.867. The van der Waals surface area contributed by atoms with Crippen LogP contribution in [-0.2, 0) is 4.79 Å². The molecule has 22 heavy (non-hydrogen) atoms. The lowest BCUT2D eigenvalue weighted by Gasteiger charge is -2.35. The number of likely N-dealkylation sites (tertiary alicyclic amines) is 1. The van der Waals surface area contributed by atoms with E-state index in [1.807, 2.05) is 0 Å². The lowest BCUT2D eigenvalue weighted by atomic mass is 9.97. The van der Waals surface area contributed by atoms with E-state index in [9.17, 15) is 14.0 Å². The quantitative estimate of drug-likeness (QED) is 0.908. The zero-order valence-corrected chi connectivity index (χ0v) is 12.5. The van der Waals surface area contributed by atoms with Gasteiger partial charge in [-0.05, 0) is 43.9 Å². The Morgan fingerprint density at radius 3 is 2.82 bits per heavy atom. The van der Waals surface area contributed by atoms with Crippen molar-refractivity contribution in [1.29, 1.82) is 0 Å². The van der Waals surface area contributed by atoms with E-state index in [2.05, 4.69) is 0 Å². The standard InChI is InChI=1S/C16H20FNO4/c1-22-14-7-5-11(10-13(14)17)16(21)18-9-3-2-4-12(18)6-8-15(19)20/h5,7,10,12H,2-4,6,8-9H2,1H3,(H,19,20)/t12-/m0/s1. The number of carboxylic acids is 1. The Morgan fingerprint density at radius 2 is 2.18 bits per heavy atom. The Hall–Kier alpha value is -2.11. The van der Waals surface area contributed by atoms with Crippen molar-refractivity contribution in [3.05, 3.63) is 29.6 Å². The summed E-state index contributed by atoms with van der Waals surface area (Å²) in [6, 6.07) is 4.04. The van der Waals surface area contributed by atoms with Gasteiger partial charge in [0, 0.05) is 24.6 Å². The molecule has 1 aromatic rings. The Balaban J connectivity index is 2.14. The first-order valence-corrected chi connectivity index (χ1v) is 7.39. The molecule has 1 heterocycles. The largest absolute Gasteiger partial charge is 0.494 e. The van der Waals surface area contributed by atoms with Crippen LogP contribution >= 0.6 is 0 Å². The number of carboxylic acid groups (broad SMARTS) is 1. The van der Waals surface area contributed by atoms with Crippen molar-refractivity contribution < 1.29 is 23.8 Å². The number of hydrogen-bond donors (Lipinski definition) is 1. The molecule has 1 saturated heterocycles. The average Bonchev–Trinajstić information content (AvgIpc) is 2.52. The third-order valence-electron chi connectivity index (χ3n) is 3.98. The summed E-state index contributed by atoms with van der Waals surface area (Å²) in [5, 5.41) is 8.81. The van der Waals surface area contributed by atoms with E-state index in [1.54, 1.807) is 4.90 Å². The molecule has 1 amide bonds. The number of halogens is 1. The highest BCUT2D eigenvalue weighted by molar-refractivity contribution is 5.94. The maximum Gasteiger partial charge on any atom is 0.303 e. The molecule has 0 radical (unpaired) electrons. The van der Waals surface area contributed by atoms with Crippen LogP contribution in [0.3, 0.4) is 0 Å². The monoisotopic (exact) mass is 309 g/mol. The number of ether oxygens (including phenoxy) is 1. The molecule has 0 spiro atoms. The first kappa shape index (κ1) is 16.3. The van der Waals surface area contributed by atoms with E-state index in [0.29, 0.717) is 13.0 Å². The summed E-state index contributed by atoms with van der Waals surface area (Å²) in [6.45, 7) is 0.580. The normalized spacial score (nSPS) is 18.1. The summed E-state index contributed by atoms with van der Waals surface area (Å²) in [5.41, 5.74) is 0.264. The second-order valence-electron chi connectivity index (χ2n) is 5.43. The van der Waals surface area contributed by atoms with Crippen molar-refractivity contribution in [2.45, 2.75) is 38.1 Å². The number of benzene rings is 1. The number of piperidine rings is 1. The zero-order chi connectivity index (χ0) is 16.1. The number of rotatable bonds is 5. The van der Waals surface area contributed by atoms with Crippen molar-refractivity contribution in [2.24, 2.45) is 0 Å². The van der Waals surface area contributed by atoms with Crippen LogP contribution in [0.2, 0.25) is 0 Å². The van der Waals surface area contributed by atoms with Crippen molar-refractivity contribution in [3.8, 4) is 5.75 Å². The van der Waals surface area contributed by atoms with Crippen molar-refractivity contribution in [2.75, 3.05) is 13.7 Å². The highest BCUT2D eigenvalue weighted by Crippen LogP contribution is 2.25. The second-order valence-corrected chi connectivity index (χ2v) is 5.43. The van der Waals surface area contributed by atoms with E-state index in [-0.39, 0.29) is 29.7 Å². The summed E-state index contributed by atoms with van der Waals surface area (Å²) < 4.78 is 18.6. The van der Waals surface area contributed by atoms with Gasteiger partial charge in [0.1, 0.15) is 0 Å². The molecule has 0 saturated carbocycles. The van der Waals surface area contributed by atoms with Gasteiger partial charge in [-0.2, -0.15) is 0 Å². The molecular formula is C16H20FNO4. The fourth-order valence-electron chi connectivity index (χ4n) is 2.82. The van der Waals surface area contributed by atoms with E-state index < -0.39 is 11.8 Å². The maximum atomic E-state index is 13.8. The van der Waals surface area contributed by atoms with Crippen molar-refractivity contribution in [1.82, 2.24) is 4.90 Å². The topological polar surface area (TPSA) is 66.8 Å². The molecule has 0 unspecified atom stereocenters. The summed E-state index contributed by atoms with van der Waals surface area (Å²) in [4.78, 5) is 25.0. The molecule has 1 aliphatic rings. The maximum absolute atomic E-state index is 13.8. The molecule has 0 aromatic heterocycles. The van der Waals surface area contributed by atoms with Gasteiger partial charge in [-0.15, -0.1) is 0 Å². The summed E-state index contributed by atoms with van der Waals surface area (Å²) in [7, 11) is 1.37. The molecule has 1 aromatic carbocycles. The average molecular weight is 309 g/mol. The third kappa shape index (κ3) is 3.75. The predicted octanol–water partition coefficient (Wildman–Crippen LogP) is 2.69. The molecule has 1 aliphatic heterocycles. The Bertz CT molecular complexity index is 561. The molecule has 5 nitrogen and oxygen atoms in total. The van der Waals surface area contributed by atoms with Gasteiger partial charge >= 0.3 is 5.97 Å². The van der Waals surface area contributed by atoms with Crippen LogP contribution < -0.4 is 4.74 Å². The van der Waals surface area contributed by atoms with Gasteiger partial charge in [0.05, 0.1) is 7.11 Å². The Morgan fingerprint density at radius 1 is 1.41 bits per heavy atom. The van der Waals surface area contributed by atoms with Gasteiger partial charge in [-0.1, -0.05) is 0 Å². The summed E-state index contributed by atoms with van der Waals surface area (Å²) in [6.07, 6.45) is 3.11. The highest BCUT2D eigenvalue weighted by atomic mass is 19.1. The predicted molar refractivity (Wildman–Crippen MR) is 78.5 cm³/mol. The van der Waals surface area contributed by atoms with Crippen molar-refractivity contribution in [3.63, 3.8) is 0 Å². The zero-order valence-electron chi connectivity index (χ0n) is 12.5. The van der Waals surface area contributed by atoms with E-state index in [4.69, 9.17) is 9.84 Å². The van der Waals surface area contributed by atoms with Crippen LogP contribution in [0.15, 0.2) is 18.2 Å². The molecule has 1 N–H and O–H groups in total. The molecular weight excluding hydrogens is 289 g/mol. The highest BCUT2D eigenvalue weighted by Gasteiger charge is 2.28. The number of aliphatic carboxylic acids is 1. The van der Waals surface area contributed by atoms with Gasteiger partial charge < -0.3 is 14.7 Å². The van der Waals surface area contributed by atoms with E-state index in [1.165, 1.54) is 25.3 Å². The fraction of sp³-hybridized carbons (Fsp3) is 0.500. The number of nitrogens with zero attached hydrogens (tertiary/aromatic N) is 1. The van der Waals surface area contributed by atoms with Gasteiger partial charge in [-0.25, -0.2) is 4.39 Å². The lowest BCUT2D eigenvalue weighted by Crippen LogP contribution is -2.44. The van der Waals surface area contributed by atoms with Gasteiger partial charge in [0.2, 0.25) is 0 Å². The van der Waals surface area contributed by atoms with Crippen LogP contribution in [0, 0.1) is 5.82 Å². The minimum Gasteiger partial charge on any atom is -0.494 e. The summed E-state index contributed by atoms with van der Waals surface area (Å²) in [5.74, 6) is -1.60. The number of methoxy groups -OCH3 is 1. The molecule has 0 aliphatic carbocycles. The third-order valence-corrected chi connectivity index (χ3v) is 3.98.